The molecule has 0 spiro atoms. The van der Waals surface area contributed by atoms with E-state index in [4.69, 9.17) is 5.11 Å². The summed E-state index contributed by atoms with van der Waals surface area (Å²) < 4.78 is 0. The predicted molar refractivity (Wildman–Crippen MR) is 81.2 cm³/mol. The summed E-state index contributed by atoms with van der Waals surface area (Å²) in [4.78, 5) is 24.9. The average molecular weight is 289 g/mol. The van der Waals surface area contributed by atoms with Crippen molar-refractivity contribution in [2.45, 2.75) is 51.5 Å². The third-order valence-electron chi connectivity index (χ3n) is 4.08. The number of amides is 1. The Labute approximate surface area is 125 Å². The lowest BCUT2D eigenvalue weighted by Crippen LogP contribution is -2.38. The number of carbonyl (C=O) groups excluding carboxylic acids is 1. The molecule has 1 saturated carbocycles. The van der Waals surface area contributed by atoms with Crippen LogP contribution in [0.5, 0.6) is 0 Å². The van der Waals surface area contributed by atoms with E-state index in [-0.39, 0.29) is 24.4 Å². The summed E-state index contributed by atoms with van der Waals surface area (Å²) in [6.45, 7) is 3.93. The van der Waals surface area contributed by atoms with Crippen molar-refractivity contribution in [1.82, 2.24) is 4.90 Å². The Morgan fingerprint density at radius 1 is 1.29 bits per heavy atom. The fraction of sp³-hybridized carbons (Fsp3) is 0.529. The van der Waals surface area contributed by atoms with Crippen LogP contribution in [0.2, 0.25) is 0 Å². The third kappa shape index (κ3) is 4.31. The summed E-state index contributed by atoms with van der Waals surface area (Å²) in [5, 5.41) is 8.95. The van der Waals surface area contributed by atoms with E-state index >= 15 is 0 Å². The van der Waals surface area contributed by atoms with Crippen LogP contribution in [0.15, 0.2) is 24.3 Å². The first kappa shape index (κ1) is 15.5. The minimum absolute atomic E-state index is 0.0349. The normalized spacial score (nSPS) is 15.5. The molecule has 2 rings (SSSR count). The van der Waals surface area contributed by atoms with Crippen molar-refractivity contribution in [1.29, 1.82) is 0 Å². The zero-order valence-electron chi connectivity index (χ0n) is 12.7. The fourth-order valence-corrected chi connectivity index (χ4v) is 2.62. The van der Waals surface area contributed by atoms with Crippen molar-refractivity contribution in [2.75, 3.05) is 6.54 Å². The Kier molecular flexibility index (Phi) is 4.99. The quantitative estimate of drug-likeness (QED) is 0.839. The summed E-state index contributed by atoms with van der Waals surface area (Å²) in [5.41, 5.74) is 2.35. The number of carboxylic acids is 1. The van der Waals surface area contributed by atoms with Gasteiger partial charge in [0, 0.05) is 12.5 Å². The van der Waals surface area contributed by atoms with Crippen LogP contribution in [-0.2, 0) is 9.59 Å². The highest BCUT2D eigenvalue weighted by Gasteiger charge is 2.34. The molecule has 1 aliphatic rings. The monoisotopic (exact) mass is 289 g/mol. The molecule has 0 radical (unpaired) electrons. The van der Waals surface area contributed by atoms with E-state index in [1.807, 2.05) is 6.92 Å². The lowest BCUT2D eigenvalue weighted by molar-refractivity contribution is -0.145. The van der Waals surface area contributed by atoms with Gasteiger partial charge in [-0.25, -0.2) is 0 Å². The van der Waals surface area contributed by atoms with Crippen LogP contribution in [0.4, 0.5) is 0 Å². The van der Waals surface area contributed by atoms with Crippen molar-refractivity contribution in [2.24, 2.45) is 0 Å². The van der Waals surface area contributed by atoms with Gasteiger partial charge >= 0.3 is 5.97 Å². The molecule has 21 heavy (non-hydrogen) atoms. The summed E-state index contributed by atoms with van der Waals surface area (Å²) in [5.74, 6) is -0.806. The summed E-state index contributed by atoms with van der Waals surface area (Å²) >= 11 is 0. The molecule has 0 heterocycles. The van der Waals surface area contributed by atoms with Crippen molar-refractivity contribution < 1.29 is 14.7 Å². The Bertz CT molecular complexity index is 505. The van der Waals surface area contributed by atoms with Crippen LogP contribution >= 0.6 is 0 Å². The molecular weight excluding hydrogens is 266 g/mol. The number of rotatable bonds is 7. The van der Waals surface area contributed by atoms with Crippen LogP contribution in [0.3, 0.4) is 0 Å². The minimum Gasteiger partial charge on any atom is -0.480 e. The van der Waals surface area contributed by atoms with Gasteiger partial charge < -0.3 is 10.0 Å². The van der Waals surface area contributed by atoms with E-state index < -0.39 is 5.97 Å². The van der Waals surface area contributed by atoms with E-state index in [0.29, 0.717) is 6.42 Å². The Balaban J connectivity index is 2.04. The highest BCUT2D eigenvalue weighted by atomic mass is 16.4. The smallest absolute Gasteiger partial charge is 0.323 e. The van der Waals surface area contributed by atoms with Crippen molar-refractivity contribution in [3.63, 3.8) is 0 Å². The molecule has 1 aromatic carbocycles. The first-order valence-electron chi connectivity index (χ1n) is 7.59. The SMILES string of the molecule is CCC(CC(=O)N(CC(=O)O)C1CC1)c1ccc(C)cc1. The number of carbonyl (C=O) groups is 2. The van der Waals surface area contributed by atoms with Gasteiger partial charge in [-0.2, -0.15) is 0 Å². The molecule has 0 aromatic heterocycles. The molecule has 1 N–H and O–H groups in total. The van der Waals surface area contributed by atoms with Gasteiger partial charge in [0.05, 0.1) is 0 Å². The topological polar surface area (TPSA) is 57.6 Å². The van der Waals surface area contributed by atoms with E-state index in [1.165, 1.54) is 5.56 Å². The third-order valence-corrected chi connectivity index (χ3v) is 4.08. The largest absolute Gasteiger partial charge is 0.480 e. The highest BCUT2D eigenvalue weighted by molar-refractivity contribution is 5.82. The molecule has 1 aliphatic carbocycles. The first-order valence-corrected chi connectivity index (χ1v) is 7.59. The summed E-state index contributed by atoms with van der Waals surface area (Å²) in [6, 6.07) is 8.38. The zero-order chi connectivity index (χ0) is 15.4. The van der Waals surface area contributed by atoms with Gasteiger partial charge in [-0.3, -0.25) is 9.59 Å². The number of hydrogen-bond donors (Lipinski definition) is 1. The van der Waals surface area contributed by atoms with Gasteiger partial charge in [-0.15, -0.1) is 0 Å². The lowest BCUT2D eigenvalue weighted by atomic mass is 9.92. The Hall–Kier alpha value is -1.84. The molecule has 1 unspecified atom stereocenters. The molecule has 1 aromatic rings. The maximum absolute atomic E-state index is 12.4. The van der Waals surface area contributed by atoms with Crippen LogP contribution in [0, 0.1) is 6.92 Å². The van der Waals surface area contributed by atoms with Gasteiger partial charge in [-0.1, -0.05) is 36.8 Å². The molecule has 114 valence electrons. The second-order valence-electron chi connectivity index (χ2n) is 5.87. The Morgan fingerprint density at radius 3 is 2.38 bits per heavy atom. The number of nitrogens with zero attached hydrogens (tertiary/aromatic N) is 1. The van der Waals surface area contributed by atoms with Crippen molar-refractivity contribution >= 4 is 11.9 Å². The van der Waals surface area contributed by atoms with Crippen LogP contribution < -0.4 is 0 Å². The van der Waals surface area contributed by atoms with Crippen LogP contribution in [0.1, 0.15) is 49.7 Å². The molecule has 1 atom stereocenters. The van der Waals surface area contributed by atoms with E-state index in [1.54, 1.807) is 4.90 Å². The Morgan fingerprint density at radius 2 is 1.90 bits per heavy atom. The number of hydrogen-bond acceptors (Lipinski definition) is 2. The molecule has 0 bridgehead atoms. The van der Waals surface area contributed by atoms with Gasteiger partial charge in [0.25, 0.3) is 0 Å². The summed E-state index contributed by atoms with van der Waals surface area (Å²) in [6.07, 6.45) is 3.13. The minimum atomic E-state index is -0.932. The number of aryl methyl sites for hydroxylation is 1. The van der Waals surface area contributed by atoms with Gasteiger partial charge in [0.15, 0.2) is 0 Å². The van der Waals surface area contributed by atoms with E-state index in [2.05, 4.69) is 31.2 Å². The molecule has 4 nitrogen and oxygen atoms in total. The number of carboxylic acid groups (broad SMARTS) is 1. The predicted octanol–water partition coefficient (Wildman–Crippen LogP) is 2.95. The first-order chi connectivity index (χ1) is 10.0. The second kappa shape index (κ2) is 6.74. The van der Waals surface area contributed by atoms with Crippen LogP contribution in [0.25, 0.3) is 0 Å². The molecule has 1 amide bonds. The lowest BCUT2D eigenvalue weighted by Gasteiger charge is -2.23. The molecular formula is C17H23NO3. The number of aliphatic carboxylic acids is 1. The molecule has 4 heteroatoms. The second-order valence-corrected chi connectivity index (χ2v) is 5.87. The van der Waals surface area contributed by atoms with Crippen LogP contribution in [-0.4, -0.2) is 34.5 Å². The molecule has 0 aliphatic heterocycles. The molecule has 1 fully saturated rings. The maximum Gasteiger partial charge on any atom is 0.323 e. The average Bonchev–Trinajstić information content (AvgIpc) is 3.27. The van der Waals surface area contributed by atoms with E-state index in [9.17, 15) is 9.59 Å². The van der Waals surface area contributed by atoms with Gasteiger partial charge in [0.2, 0.25) is 5.91 Å². The standard InChI is InChI=1S/C17H23NO3/c1-3-13(14-6-4-12(2)5-7-14)10-16(19)18(11-17(20)21)15-8-9-15/h4-7,13,15H,3,8-11H2,1-2H3,(H,20,21). The maximum atomic E-state index is 12.4. The number of benzene rings is 1. The van der Waals surface area contributed by atoms with Gasteiger partial charge in [-0.05, 0) is 37.7 Å². The van der Waals surface area contributed by atoms with Gasteiger partial charge in [0.1, 0.15) is 6.54 Å². The summed E-state index contributed by atoms with van der Waals surface area (Å²) in [7, 11) is 0. The van der Waals surface area contributed by atoms with Crippen molar-refractivity contribution in [3.05, 3.63) is 35.4 Å². The van der Waals surface area contributed by atoms with E-state index in [0.717, 1.165) is 24.8 Å². The van der Waals surface area contributed by atoms with Crippen molar-refractivity contribution in [3.8, 4) is 0 Å². The highest BCUT2D eigenvalue weighted by Crippen LogP contribution is 2.30. The zero-order valence-corrected chi connectivity index (χ0v) is 12.7. The fourth-order valence-electron chi connectivity index (χ4n) is 2.62. The molecule has 0 saturated heterocycles.